The largest absolute Gasteiger partial charge is 0.326 e. The third-order valence-electron chi connectivity index (χ3n) is 4.02. The van der Waals surface area contributed by atoms with E-state index in [1.807, 2.05) is 0 Å². The fraction of sp³-hybridized carbons (Fsp3) is 1.00. The van der Waals surface area contributed by atoms with Crippen molar-refractivity contribution >= 4 is 0 Å². The van der Waals surface area contributed by atoms with Gasteiger partial charge in [-0.1, -0.05) is 0 Å². The van der Waals surface area contributed by atoms with E-state index in [-0.39, 0.29) is 0 Å². The van der Waals surface area contributed by atoms with Gasteiger partial charge in [-0.05, 0) is 38.5 Å². The molecule has 0 saturated carbocycles. The van der Waals surface area contributed by atoms with Gasteiger partial charge < -0.3 is 4.48 Å². The lowest BCUT2D eigenvalue weighted by Crippen LogP contribution is -2.48. The molecule has 2 heterocycles. The first-order chi connectivity index (χ1) is 5.68. The van der Waals surface area contributed by atoms with Crippen LogP contribution < -0.4 is 0 Å². The van der Waals surface area contributed by atoms with Gasteiger partial charge >= 0.3 is 0 Å². The van der Waals surface area contributed by atoms with Gasteiger partial charge in [0.2, 0.25) is 0 Å². The lowest BCUT2D eigenvalue weighted by Gasteiger charge is -2.36. The van der Waals surface area contributed by atoms with E-state index >= 15 is 0 Å². The molecule has 1 heteroatoms. The van der Waals surface area contributed by atoms with Crippen molar-refractivity contribution in [2.45, 2.75) is 44.6 Å². The summed E-state index contributed by atoms with van der Waals surface area (Å²) < 4.78 is 1.31. The summed E-state index contributed by atoms with van der Waals surface area (Å²) in [4.78, 5) is 0. The highest BCUT2D eigenvalue weighted by molar-refractivity contribution is 4.74. The van der Waals surface area contributed by atoms with Crippen LogP contribution in [0.4, 0.5) is 0 Å². The third kappa shape index (κ3) is 1.52. The van der Waals surface area contributed by atoms with E-state index in [4.69, 9.17) is 0 Å². The van der Waals surface area contributed by atoms with Crippen molar-refractivity contribution in [3.05, 3.63) is 0 Å². The van der Waals surface area contributed by atoms with Crippen LogP contribution in [0.2, 0.25) is 0 Å². The summed E-state index contributed by atoms with van der Waals surface area (Å²) >= 11 is 0. The van der Waals surface area contributed by atoms with Crippen LogP contribution in [0.25, 0.3) is 0 Å². The van der Waals surface area contributed by atoms with E-state index in [0.717, 1.165) is 12.0 Å². The molecule has 12 heavy (non-hydrogen) atoms. The zero-order valence-corrected chi connectivity index (χ0v) is 8.55. The van der Waals surface area contributed by atoms with Gasteiger partial charge in [-0.25, -0.2) is 0 Å². The predicted molar refractivity (Wildman–Crippen MR) is 52.0 cm³/mol. The lowest BCUT2D eigenvalue weighted by molar-refractivity contribution is -0.916. The summed E-state index contributed by atoms with van der Waals surface area (Å²) in [6.07, 6.45) is 9.00. The van der Waals surface area contributed by atoms with Crippen LogP contribution in [0.3, 0.4) is 0 Å². The molecule has 0 atom stereocenters. The van der Waals surface area contributed by atoms with Crippen molar-refractivity contribution in [3.8, 4) is 0 Å². The minimum Gasteiger partial charge on any atom is -0.326 e. The summed E-state index contributed by atoms with van der Waals surface area (Å²) in [5.41, 5.74) is 0. The van der Waals surface area contributed by atoms with Crippen LogP contribution >= 0.6 is 0 Å². The second kappa shape index (κ2) is 3.02. The van der Waals surface area contributed by atoms with E-state index < -0.39 is 0 Å². The summed E-state index contributed by atoms with van der Waals surface area (Å²) in [6.45, 7) is 1.45. The fourth-order valence-electron chi connectivity index (χ4n) is 3.27. The first kappa shape index (κ1) is 8.55. The topological polar surface area (TPSA) is 0 Å². The molecule has 0 aromatic rings. The van der Waals surface area contributed by atoms with Crippen molar-refractivity contribution in [1.82, 2.24) is 0 Å². The van der Waals surface area contributed by atoms with Crippen molar-refractivity contribution < 1.29 is 4.48 Å². The van der Waals surface area contributed by atoms with Crippen molar-refractivity contribution in [2.75, 3.05) is 20.6 Å². The fourth-order valence-corrected chi connectivity index (χ4v) is 3.27. The van der Waals surface area contributed by atoms with Crippen LogP contribution in [0.15, 0.2) is 0 Å². The predicted octanol–water partition coefficient (Wildman–Crippen LogP) is 2.42. The van der Waals surface area contributed by atoms with Crippen LogP contribution in [0, 0.1) is 5.92 Å². The van der Waals surface area contributed by atoms with Gasteiger partial charge in [-0.15, -0.1) is 0 Å². The maximum Gasteiger partial charge on any atom is 0.0886 e. The summed E-state index contributed by atoms with van der Waals surface area (Å²) in [7, 11) is 4.88. The Kier molecular flexibility index (Phi) is 2.16. The Morgan fingerprint density at radius 1 is 0.917 bits per heavy atom. The average Bonchev–Trinajstić information content (AvgIpc) is 2.12. The highest BCUT2D eigenvalue weighted by Crippen LogP contribution is 2.34. The molecule has 0 N–H and O–H groups in total. The van der Waals surface area contributed by atoms with Crippen molar-refractivity contribution in [2.24, 2.45) is 5.92 Å². The highest BCUT2D eigenvalue weighted by Gasteiger charge is 2.36. The van der Waals surface area contributed by atoms with E-state index in [2.05, 4.69) is 14.1 Å². The number of hydrogen-bond acceptors (Lipinski definition) is 0. The number of fused-ring (bicyclic) bond motifs is 3. The number of nitrogens with zero attached hydrogens (tertiary/aromatic N) is 1. The second-order valence-electron chi connectivity index (χ2n) is 5.34. The Morgan fingerprint density at radius 2 is 1.50 bits per heavy atom. The quantitative estimate of drug-likeness (QED) is 0.487. The van der Waals surface area contributed by atoms with Crippen molar-refractivity contribution in [3.63, 3.8) is 0 Å². The van der Waals surface area contributed by atoms with E-state index in [1.165, 1.54) is 49.6 Å². The van der Waals surface area contributed by atoms with Crippen LogP contribution in [0.1, 0.15) is 38.5 Å². The normalized spacial score (nSPS) is 40.5. The second-order valence-corrected chi connectivity index (χ2v) is 5.34. The highest BCUT2D eigenvalue weighted by atomic mass is 15.3. The molecule has 0 radical (unpaired) electrons. The van der Waals surface area contributed by atoms with E-state index in [0.29, 0.717) is 0 Å². The van der Waals surface area contributed by atoms with Crippen molar-refractivity contribution in [1.29, 1.82) is 0 Å². The standard InChI is InChI=1S/C11H22N/c1-12(2)9-10-5-3-7-11(12)8-4-6-10/h10-11H,3-9H2,1-2H3/q+1. The molecule has 2 rings (SSSR count). The number of hydrogen-bond donors (Lipinski definition) is 0. The molecule has 0 aromatic carbocycles. The molecule has 2 aliphatic heterocycles. The van der Waals surface area contributed by atoms with E-state index in [9.17, 15) is 0 Å². The SMILES string of the molecule is C[N+]1(C)CC2CCCC1CCC2. The number of rotatable bonds is 0. The maximum absolute atomic E-state index is 2.44. The summed E-state index contributed by atoms with van der Waals surface area (Å²) in [5.74, 6) is 1.05. The molecule has 2 saturated heterocycles. The van der Waals surface area contributed by atoms with E-state index in [1.54, 1.807) is 0 Å². The molecule has 0 aromatic heterocycles. The molecular weight excluding hydrogens is 146 g/mol. The Bertz CT molecular complexity index is 152. The first-order valence-corrected chi connectivity index (χ1v) is 5.51. The van der Waals surface area contributed by atoms with Gasteiger partial charge in [0.25, 0.3) is 0 Å². The van der Waals surface area contributed by atoms with Gasteiger partial charge in [0.05, 0.1) is 26.7 Å². The zero-order chi connectivity index (χ0) is 8.60. The average molecular weight is 168 g/mol. The van der Waals surface area contributed by atoms with Crippen LogP contribution in [-0.4, -0.2) is 31.2 Å². The van der Waals surface area contributed by atoms with Gasteiger partial charge in [-0.2, -0.15) is 0 Å². The van der Waals surface area contributed by atoms with Gasteiger partial charge in [0.15, 0.2) is 0 Å². The molecule has 2 aliphatic rings. The Balaban J connectivity index is 2.18. The molecule has 2 bridgehead atoms. The molecular formula is C11H22N+. The molecule has 0 amide bonds. The Hall–Kier alpha value is -0.0400. The van der Waals surface area contributed by atoms with Crippen LogP contribution in [-0.2, 0) is 0 Å². The lowest BCUT2D eigenvalue weighted by atomic mass is 9.93. The summed E-state index contributed by atoms with van der Waals surface area (Å²) in [6, 6.07) is 0.984. The molecule has 0 aliphatic carbocycles. The molecule has 0 spiro atoms. The summed E-state index contributed by atoms with van der Waals surface area (Å²) in [5, 5.41) is 0. The minimum absolute atomic E-state index is 0.984. The first-order valence-electron chi connectivity index (χ1n) is 5.51. The molecule has 70 valence electrons. The van der Waals surface area contributed by atoms with Crippen LogP contribution in [0.5, 0.6) is 0 Å². The Morgan fingerprint density at radius 3 is 2.08 bits per heavy atom. The smallest absolute Gasteiger partial charge is 0.0886 e. The van der Waals surface area contributed by atoms with Gasteiger partial charge in [-0.3, -0.25) is 0 Å². The molecule has 2 fully saturated rings. The van der Waals surface area contributed by atoms with Gasteiger partial charge in [0.1, 0.15) is 0 Å². The zero-order valence-electron chi connectivity index (χ0n) is 8.55. The monoisotopic (exact) mass is 168 g/mol. The number of quaternary nitrogens is 1. The third-order valence-corrected chi connectivity index (χ3v) is 4.02. The Labute approximate surface area is 76.3 Å². The minimum atomic E-state index is 0.984. The maximum atomic E-state index is 2.44. The van der Waals surface area contributed by atoms with Gasteiger partial charge in [0, 0.05) is 5.92 Å². The molecule has 1 nitrogen and oxygen atoms in total. The molecule has 0 unspecified atom stereocenters.